The van der Waals surface area contributed by atoms with E-state index >= 15 is 0 Å². The fourth-order valence-corrected chi connectivity index (χ4v) is 3.06. The first kappa shape index (κ1) is 19.5. The van der Waals surface area contributed by atoms with E-state index in [1.165, 1.54) is 0 Å². The number of alkyl halides is 5. The SMILES string of the molecule is CS[C@H]1CCC[C@H](NC(=O)CCOCC(F)(F)C(F)(F)F)C1. The van der Waals surface area contributed by atoms with Gasteiger partial charge in [-0.3, -0.25) is 4.79 Å². The molecule has 0 aromatic carbocycles. The normalized spacial score (nSPS) is 23.4. The van der Waals surface area contributed by atoms with Crippen LogP contribution in [0.2, 0.25) is 0 Å². The van der Waals surface area contributed by atoms with Crippen LogP contribution in [-0.2, 0) is 9.53 Å². The largest absolute Gasteiger partial charge is 0.455 e. The summed E-state index contributed by atoms with van der Waals surface area (Å²) in [4.78, 5) is 11.6. The van der Waals surface area contributed by atoms with Crippen molar-refractivity contribution >= 4 is 17.7 Å². The summed E-state index contributed by atoms with van der Waals surface area (Å²) in [5, 5.41) is 3.26. The summed E-state index contributed by atoms with van der Waals surface area (Å²) in [5.41, 5.74) is 0. The molecule has 0 saturated heterocycles. The summed E-state index contributed by atoms with van der Waals surface area (Å²) >= 11 is 1.74. The number of carbonyl (C=O) groups is 1. The highest BCUT2D eigenvalue weighted by Gasteiger charge is 2.57. The van der Waals surface area contributed by atoms with Crippen LogP contribution in [-0.4, -0.2) is 48.8 Å². The minimum atomic E-state index is -5.63. The molecule has 1 amide bonds. The van der Waals surface area contributed by atoms with Gasteiger partial charge in [0.25, 0.3) is 0 Å². The van der Waals surface area contributed by atoms with Crippen molar-refractivity contribution in [3.63, 3.8) is 0 Å². The quantitative estimate of drug-likeness (QED) is 0.566. The van der Waals surface area contributed by atoms with Crippen LogP contribution >= 0.6 is 11.8 Å². The molecule has 1 N–H and O–H groups in total. The van der Waals surface area contributed by atoms with Crippen molar-refractivity contribution in [3.05, 3.63) is 0 Å². The van der Waals surface area contributed by atoms with Crippen LogP contribution in [0.25, 0.3) is 0 Å². The smallest absolute Gasteiger partial charge is 0.374 e. The summed E-state index contributed by atoms with van der Waals surface area (Å²) in [5.74, 6) is -5.28. The number of ether oxygens (including phenoxy) is 1. The third-order valence-electron chi connectivity index (χ3n) is 3.50. The van der Waals surface area contributed by atoms with Gasteiger partial charge in [-0.05, 0) is 25.5 Å². The first-order valence-electron chi connectivity index (χ1n) is 7.00. The predicted molar refractivity (Wildman–Crippen MR) is 74.1 cm³/mol. The molecule has 9 heteroatoms. The molecule has 2 atom stereocenters. The second-order valence-electron chi connectivity index (χ2n) is 5.29. The maximum atomic E-state index is 12.6. The van der Waals surface area contributed by atoms with E-state index in [1.54, 1.807) is 11.8 Å². The predicted octanol–water partition coefficient (Wildman–Crippen LogP) is 3.38. The van der Waals surface area contributed by atoms with Gasteiger partial charge >= 0.3 is 12.1 Å². The molecule has 22 heavy (non-hydrogen) atoms. The maximum Gasteiger partial charge on any atom is 0.455 e. The highest BCUT2D eigenvalue weighted by atomic mass is 32.2. The van der Waals surface area contributed by atoms with Gasteiger partial charge in [0.1, 0.15) is 6.61 Å². The number of nitrogens with one attached hydrogen (secondary N) is 1. The second kappa shape index (κ2) is 8.33. The van der Waals surface area contributed by atoms with E-state index in [2.05, 4.69) is 10.1 Å². The van der Waals surface area contributed by atoms with E-state index in [9.17, 15) is 26.7 Å². The lowest BCUT2D eigenvalue weighted by molar-refractivity contribution is -0.296. The van der Waals surface area contributed by atoms with Gasteiger partial charge in [0.05, 0.1) is 6.61 Å². The highest BCUT2D eigenvalue weighted by Crippen LogP contribution is 2.35. The molecule has 0 bridgehead atoms. The highest BCUT2D eigenvalue weighted by molar-refractivity contribution is 7.99. The van der Waals surface area contributed by atoms with Crippen LogP contribution in [0.1, 0.15) is 32.1 Å². The van der Waals surface area contributed by atoms with Crippen LogP contribution in [0.3, 0.4) is 0 Å². The van der Waals surface area contributed by atoms with Crippen molar-refractivity contribution in [1.29, 1.82) is 0 Å². The summed E-state index contributed by atoms with van der Waals surface area (Å²) in [6.45, 7) is -2.22. The van der Waals surface area contributed by atoms with E-state index < -0.39 is 25.3 Å². The molecular weight excluding hydrogens is 329 g/mol. The number of amides is 1. The molecule has 0 heterocycles. The van der Waals surface area contributed by atoms with Gasteiger partial charge in [0.15, 0.2) is 0 Å². The molecule has 1 fully saturated rings. The summed E-state index contributed by atoms with van der Waals surface area (Å²) < 4.78 is 65.1. The van der Waals surface area contributed by atoms with Crippen molar-refractivity contribution in [2.45, 2.75) is 55.5 Å². The monoisotopic (exact) mass is 349 g/mol. The standard InChI is InChI=1S/C13H20F5NO2S/c1-22-10-4-2-3-9(7-10)19-11(20)5-6-21-8-12(14,15)13(16,17)18/h9-10H,2-8H2,1H3,(H,19,20)/t9-,10-/m0/s1. The third kappa shape index (κ3) is 6.28. The Bertz CT molecular complexity index is 365. The minimum Gasteiger partial charge on any atom is -0.374 e. The molecular formula is C13H20F5NO2S. The lowest BCUT2D eigenvalue weighted by Crippen LogP contribution is -2.41. The molecule has 0 aliphatic heterocycles. The lowest BCUT2D eigenvalue weighted by atomic mass is 9.95. The van der Waals surface area contributed by atoms with E-state index in [0.29, 0.717) is 5.25 Å². The van der Waals surface area contributed by atoms with Crippen molar-refractivity contribution in [3.8, 4) is 0 Å². The Balaban J connectivity index is 2.21. The maximum absolute atomic E-state index is 12.6. The summed E-state index contributed by atoms with van der Waals surface area (Å²) in [6, 6.07) is 0.0373. The number of hydrogen-bond donors (Lipinski definition) is 1. The van der Waals surface area contributed by atoms with Gasteiger partial charge in [0, 0.05) is 17.7 Å². The number of carbonyl (C=O) groups excluding carboxylic acids is 1. The van der Waals surface area contributed by atoms with Crippen LogP contribution in [0.15, 0.2) is 0 Å². The van der Waals surface area contributed by atoms with Gasteiger partial charge in [-0.1, -0.05) is 6.42 Å². The molecule has 0 aromatic rings. The molecule has 0 spiro atoms. The van der Waals surface area contributed by atoms with Gasteiger partial charge in [-0.15, -0.1) is 0 Å². The van der Waals surface area contributed by atoms with Crippen LogP contribution in [0, 0.1) is 0 Å². The first-order valence-corrected chi connectivity index (χ1v) is 8.29. The van der Waals surface area contributed by atoms with Gasteiger partial charge < -0.3 is 10.1 Å². The Hall–Kier alpha value is -0.570. The fourth-order valence-electron chi connectivity index (χ4n) is 2.24. The number of rotatable bonds is 7. The van der Waals surface area contributed by atoms with Gasteiger partial charge in [-0.2, -0.15) is 33.7 Å². The van der Waals surface area contributed by atoms with E-state index in [-0.39, 0.29) is 18.4 Å². The summed E-state index contributed by atoms with van der Waals surface area (Å²) in [7, 11) is 0. The molecule has 0 unspecified atom stereocenters. The lowest BCUT2D eigenvalue weighted by Gasteiger charge is -2.28. The van der Waals surface area contributed by atoms with Crippen LogP contribution < -0.4 is 5.32 Å². The van der Waals surface area contributed by atoms with E-state index in [4.69, 9.17) is 0 Å². The zero-order valence-electron chi connectivity index (χ0n) is 12.2. The zero-order chi connectivity index (χ0) is 16.8. The molecule has 1 saturated carbocycles. The summed E-state index contributed by atoms with van der Waals surface area (Å²) in [6.07, 6.45) is -0.0499. The number of hydrogen-bond acceptors (Lipinski definition) is 3. The third-order valence-corrected chi connectivity index (χ3v) is 4.59. The Morgan fingerprint density at radius 1 is 1.27 bits per heavy atom. The van der Waals surface area contributed by atoms with Crippen molar-refractivity contribution in [2.75, 3.05) is 19.5 Å². The Morgan fingerprint density at radius 2 is 1.95 bits per heavy atom. The molecule has 3 nitrogen and oxygen atoms in total. The number of halogens is 5. The van der Waals surface area contributed by atoms with E-state index in [0.717, 1.165) is 25.7 Å². The number of thioether (sulfide) groups is 1. The average molecular weight is 349 g/mol. The zero-order valence-corrected chi connectivity index (χ0v) is 13.0. The van der Waals surface area contributed by atoms with Crippen molar-refractivity contribution in [1.82, 2.24) is 5.32 Å². The molecule has 1 aliphatic rings. The molecule has 0 radical (unpaired) electrons. The fraction of sp³-hybridized carbons (Fsp3) is 0.923. The van der Waals surface area contributed by atoms with E-state index in [1.807, 2.05) is 6.26 Å². The Kier molecular flexibility index (Phi) is 7.37. The Labute approximate surface area is 130 Å². The molecule has 1 aliphatic carbocycles. The van der Waals surface area contributed by atoms with Crippen molar-refractivity contribution < 1.29 is 31.5 Å². The minimum absolute atomic E-state index is 0.0373. The molecule has 130 valence electrons. The van der Waals surface area contributed by atoms with Crippen molar-refractivity contribution in [2.24, 2.45) is 0 Å². The van der Waals surface area contributed by atoms with Crippen LogP contribution in [0.5, 0.6) is 0 Å². The average Bonchev–Trinajstić information content (AvgIpc) is 2.42. The van der Waals surface area contributed by atoms with Gasteiger partial charge in [0.2, 0.25) is 5.91 Å². The molecule has 1 rings (SSSR count). The topological polar surface area (TPSA) is 38.3 Å². The first-order chi connectivity index (χ1) is 10.2. The van der Waals surface area contributed by atoms with Gasteiger partial charge in [-0.25, -0.2) is 0 Å². The van der Waals surface area contributed by atoms with Crippen LogP contribution in [0.4, 0.5) is 22.0 Å². The molecule has 0 aromatic heterocycles. The Morgan fingerprint density at radius 3 is 2.55 bits per heavy atom. The second-order valence-corrected chi connectivity index (χ2v) is 6.43.